The number of ether oxygens (including phenoxy) is 5. The van der Waals surface area contributed by atoms with Crippen LogP contribution in [0.2, 0.25) is 0 Å². The van der Waals surface area contributed by atoms with Crippen molar-refractivity contribution in [2.45, 2.75) is 0 Å². The average Bonchev–Trinajstić information content (AvgIpc) is 2.75. The monoisotopic (exact) mass is 389 g/mol. The fourth-order valence-electron chi connectivity index (χ4n) is 2.43. The van der Waals surface area contributed by atoms with Crippen LogP contribution in [0.4, 0.5) is 0 Å². The van der Waals surface area contributed by atoms with E-state index in [0.717, 1.165) is 0 Å². The first-order valence-corrected chi connectivity index (χ1v) is 8.43. The number of hydrogen-bond acceptors (Lipinski definition) is 7. The molecule has 0 aromatic heterocycles. The van der Waals surface area contributed by atoms with Crippen LogP contribution in [0.15, 0.2) is 36.4 Å². The summed E-state index contributed by atoms with van der Waals surface area (Å²) < 4.78 is 25.8. The summed E-state index contributed by atoms with van der Waals surface area (Å²) in [6.45, 7) is 0.179. The summed E-state index contributed by atoms with van der Waals surface area (Å²) in [7, 11) is 6.01. The summed E-state index contributed by atoms with van der Waals surface area (Å²) in [4.78, 5) is 24.3. The number of methoxy groups -OCH3 is 4. The van der Waals surface area contributed by atoms with Crippen LogP contribution in [0.3, 0.4) is 0 Å². The van der Waals surface area contributed by atoms with Gasteiger partial charge in [-0.15, -0.1) is 0 Å². The van der Waals surface area contributed by atoms with Gasteiger partial charge in [-0.25, -0.2) is 4.79 Å². The summed E-state index contributed by atoms with van der Waals surface area (Å²) in [6.07, 6.45) is 0. The van der Waals surface area contributed by atoms with E-state index in [2.05, 4.69) is 5.32 Å². The van der Waals surface area contributed by atoms with E-state index in [1.54, 1.807) is 30.3 Å². The van der Waals surface area contributed by atoms with Crippen molar-refractivity contribution in [3.8, 4) is 23.0 Å². The van der Waals surface area contributed by atoms with Gasteiger partial charge in [-0.2, -0.15) is 0 Å². The van der Waals surface area contributed by atoms with Gasteiger partial charge in [-0.05, 0) is 36.4 Å². The number of carbonyl (C=O) groups excluding carboxylic acids is 2. The highest BCUT2D eigenvalue weighted by atomic mass is 16.5. The summed E-state index contributed by atoms with van der Waals surface area (Å²) in [6, 6.07) is 9.56. The second-order valence-corrected chi connectivity index (χ2v) is 5.53. The lowest BCUT2D eigenvalue weighted by atomic mass is 10.2. The molecule has 8 nitrogen and oxygen atoms in total. The number of nitrogens with one attached hydrogen (secondary N) is 1. The molecule has 0 aliphatic carbocycles. The van der Waals surface area contributed by atoms with Crippen molar-refractivity contribution in [1.82, 2.24) is 5.32 Å². The molecule has 2 aromatic rings. The van der Waals surface area contributed by atoms with Gasteiger partial charge >= 0.3 is 5.97 Å². The highest BCUT2D eigenvalue weighted by Crippen LogP contribution is 2.28. The maximum atomic E-state index is 12.2. The minimum absolute atomic E-state index is 0.0200. The van der Waals surface area contributed by atoms with Crippen LogP contribution in [-0.4, -0.2) is 53.5 Å². The molecule has 0 bridgehead atoms. The smallest absolute Gasteiger partial charge is 0.338 e. The van der Waals surface area contributed by atoms with E-state index in [1.807, 2.05) is 0 Å². The molecule has 0 fully saturated rings. The minimum Gasteiger partial charge on any atom is -0.493 e. The number of carbonyl (C=O) groups is 2. The lowest BCUT2D eigenvalue weighted by Gasteiger charge is -2.11. The average molecular weight is 389 g/mol. The molecule has 1 amide bonds. The van der Waals surface area contributed by atoms with E-state index in [0.29, 0.717) is 34.1 Å². The fraction of sp³-hybridized carbons (Fsp3) is 0.300. The van der Waals surface area contributed by atoms with Crippen molar-refractivity contribution in [2.75, 3.05) is 41.6 Å². The number of amides is 1. The predicted octanol–water partition coefficient (Wildman–Crippen LogP) is 2.31. The third-order valence-corrected chi connectivity index (χ3v) is 3.89. The summed E-state index contributed by atoms with van der Waals surface area (Å²) >= 11 is 0. The molecule has 28 heavy (non-hydrogen) atoms. The molecule has 2 rings (SSSR count). The van der Waals surface area contributed by atoms with E-state index in [1.165, 1.54) is 34.5 Å². The highest BCUT2D eigenvalue weighted by Gasteiger charge is 2.13. The topological polar surface area (TPSA) is 92.3 Å². The van der Waals surface area contributed by atoms with Crippen LogP contribution in [0.25, 0.3) is 0 Å². The molecular weight excluding hydrogens is 366 g/mol. The largest absolute Gasteiger partial charge is 0.493 e. The molecule has 8 heteroatoms. The summed E-state index contributed by atoms with van der Waals surface area (Å²) in [5, 5.41) is 2.68. The van der Waals surface area contributed by atoms with Crippen LogP contribution in [0.1, 0.15) is 20.7 Å². The maximum Gasteiger partial charge on any atom is 0.338 e. The first kappa shape index (κ1) is 20.9. The Hall–Kier alpha value is -3.42. The molecule has 0 aliphatic rings. The molecule has 0 aliphatic heterocycles. The lowest BCUT2D eigenvalue weighted by Crippen LogP contribution is -2.28. The molecule has 2 aromatic carbocycles. The third-order valence-electron chi connectivity index (χ3n) is 3.89. The molecule has 0 atom stereocenters. The number of hydrogen-bond donors (Lipinski definition) is 1. The summed E-state index contributed by atoms with van der Waals surface area (Å²) in [5.74, 6) is 1.09. The van der Waals surface area contributed by atoms with E-state index < -0.39 is 5.97 Å². The zero-order valence-electron chi connectivity index (χ0n) is 16.2. The SMILES string of the molecule is COc1ccc(C(=O)NCCOC(=O)c2ccc(OC)c(OC)c2)cc1OC. The normalized spacial score (nSPS) is 10.0. The van der Waals surface area contributed by atoms with Gasteiger partial charge in [-0.1, -0.05) is 0 Å². The molecular formula is C20H23NO7. The molecule has 0 spiro atoms. The van der Waals surface area contributed by atoms with Gasteiger partial charge < -0.3 is 29.0 Å². The Morgan fingerprint density at radius 2 is 1.25 bits per heavy atom. The van der Waals surface area contributed by atoms with E-state index >= 15 is 0 Å². The molecule has 0 saturated carbocycles. The van der Waals surface area contributed by atoms with E-state index in [4.69, 9.17) is 23.7 Å². The number of rotatable bonds is 9. The van der Waals surface area contributed by atoms with Crippen LogP contribution in [0, 0.1) is 0 Å². The van der Waals surface area contributed by atoms with Crippen molar-refractivity contribution in [3.05, 3.63) is 47.5 Å². The maximum absolute atomic E-state index is 12.2. The minimum atomic E-state index is -0.527. The van der Waals surface area contributed by atoms with E-state index in [-0.39, 0.29) is 19.1 Å². The molecule has 0 radical (unpaired) electrons. The Balaban J connectivity index is 1.87. The van der Waals surface area contributed by atoms with Crippen LogP contribution >= 0.6 is 0 Å². The van der Waals surface area contributed by atoms with Crippen molar-refractivity contribution in [2.24, 2.45) is 0 Å². The van der Waals surface area contributed by atoms with Gasteiger partial charge in [-0.3, -0.25) is 4.79 Å². The quantitative estimate of drug-likeness (QED) is 0.520. The standard InChI is InChI=1S/C20H23NO7/c1-24-15-7-5-13(11-17(15)26-3)19(22)21-9-10-28-20(23)14-6-8-16(25-2)18(12-14)27-4/h5-8,11-12H,9-10H2,1-4H3,(H,21,22). The van der Waals surface area contributed by atoms with Gasteiger partial charge in [0.1, 0.15) is 6.61 Å². The zero-order valence-corrected chi connectivity index (χ0v) is 16.2. The fourth-order valence-corrected chi connectivity index (χ4v) is 2.43. The van der Waals surface area contributed by atoms with Crippen molar-refractivity contribution >= 4 is 11.9 Å². The van der Waals surface area contributed by atoms with Crippen molar-refractivity contribution < 1.29 is 33.3 Å². The number of esters is 1. The Labute approximate surface area is 163 Å². The van der Waals surface area contributed by atoms with E-state index in [9.17, 15) is 9.59 Å². The van der Waals surface area contributed by atoms with Gasteiger partial charge in [0, 0.05) is 5.56 Å². The van der Waals surface area contributed by atoms with Gasteiger partial charge in [0.2, 0.25) is 0 Å². The second kappa shape index (κ2) is 10.1. The Bertz CT molecular complexity index is 766. The zero-order chi connectivity index (χ0) is 20.5. The third kappa shape index (κ3) is 5.06. The first-order valence-electron chi connectivity index (χ1n) is 8.43. The summed E-state index contributed by atoms with van der Waals surface area (Å²) in [5.41, 5.74) is 0.729. The van der Waals surface area contributed by atoms with Crippen LogP contribution in [-0.2, 0) is 4.74 Å². The molecule has 1 N–H and O–H groups in total. The predicted molar refractivity (Wildman–Crippen MR) is 102 cm³/mol. The second-order valence-electron chi connectivity index (χ2n) is 5.53. The van der Waals surface area contributed by atoms with Crippen LogP contribution < -0.4 is 24.3 Å². The van der Waals surface area contributed by atoms with Crippen molar-refractivity contribution in [1.29, 1.82) is 0 Å². The Morgan fingerprint density at radius 1 is 0.750 bits per heavy atom. The Kier molecular flexibility index (Phi) is 7.50. The number of benzene rings is 2. The first-order chi connectivity index (χ1) is 13.5. The lowest BCUT2D eigenvalue weighted by molar-refractivity contribution is 0.0502. The molecule has 0 heterocycles. The highest BCUT2D eigenvalue weighted by molar-refractivity contribution is 5.95. The molecule has 150 valence electrons. The molecule has 0 saturated heterocycles. The van der Waals surface area contributed by atoms with Crippen molar-refractivity contribution in [3.63, 3.8) is 0 Å². The van der Waals surface area contributed by atoms with Gasteiger partial charge in [0.25, 0.3) is 5.91 Å². The van der Waals surface area contributed by atoms with Gasteiger partial charge in [0.05, 0.1) is 40.5 Å². The molecule has 0 unspecified atom stereocenters. The van der Waals surface area contributed by atoms with Gasteiger partial charge in [0.15, 0.2) is 23.0 Å². The Morgan fingerprint density at radius 3 is 1.79 bits per heavy atom. The van der Waals surface area contributed by atoms with Crippen LogP contribution in [0.5, 0.6) is 23.0 Å².